The van der Waals surface area contributed by atoms with Crippen LogP contribution in [-0.2, 0) is 6.54 Å². The van der Waals surface area contributed by atoms with Crippen LogP contribution in [0.5, 0.6) is 0 Å². The highest BCUT2D eigenvalue weighted by atomic mass is 32.1. The smallest absolute Gasteiger partial charge is 0.335 e. The molecule has 4 nitrogen and oxygen atoms in total. The van der Waals surface area contributed by atoms with Crippen LogP contribution in [0.15, 0.2) is 77.1 Å². The quantitative estimate of drug-likeness (QED) is 0.525. The number of aromatic nitrogens is 1. The molecule has 4 rings (SSSR count). The van der Waals surface area contributed by atoms with Gasteiger partial charge in [0.25, 0.3) is 0 Å². The van der Waals surface area contributed by atoms with Crippen molar-refractivity contribution in [2.45, 2.75) is 13.5 Å². The van der Waals surface area contributed by atoms with Gasteiger partial charge in [-0.05, 0) is 42.0 Å². The van der Waals surface area contributed by atoms with Crippen LogP contribution < -0.4 is 4.80 Å². The lowest BCUT2D eigenvalue weighted by atomic mass is 10.0. The average Bonchev–Trinajstić information content (AvgIpc) is 3.10. The molecule has 0 bridgehead atoms. The summed E-state index contributed by atoms with van der Waals surface area (Å²) in [5.41, 5.74) is 3.34. The summed E-state index contributed by atoms with van der Waals surface area (Å²) in [5, 5.41) is 13.6. The van der Waals surface area contributed by atoms with Crippen molar-refractivity contribution >= 4 is 33.8 Å². The number of hydrogen-bond acceptors (Lipinski definition) is 3. The summed E-state index contributed by atoms with van der Waals surface area (Å²) in [4.78, 5) is 16.6. The molecule has 4 aromatic rings. The molecule has 1 heterocycles. The molecule has 3 aromatic carbocycles. The number of aromatic carboxylic acids is 1. The molecule has 0 aliphatic heterocycles. The molecule has 0 amide bonds. The molecule has 134 valence electrons. The lowest BCUT2D eigenvalue weighted by Crippen LogP contribution is -2.14. The van der Waals surface area contributed by atoms with Gasteiger partial charge in [0.05, 0.1) is 16.9 Å². The molecule has 0 fully saturated rings. The van der Waals surface area contributed by atoms with Crippen LogP contribution in [0.3, 0.4) is 0 Å². The summed E-state index contributed by atoms with van der Waals surface area (Å²) in [6.45, 7) is 2.90. The second-order valence-electron chi connectivity index (χ2n) is 6.14. The van der Waals surface area contributed by atoms with Crippen LogP contribution >= 0.6 is 11.3 Å². The van der Waals surface area contributed by atoms with E-state index in [4.69, 9.17) is 10.1 Å². The minimum absolute atomic E-state index is 0.264. The third kappa shape index (κ3) is 3.29. The van der Waals surface area contributed by atoms with E-state index in [1.54, 1.807) is 35.6 Å². The first-order valence-electron chi connectivity index (χ1n) is 8.72. The number of carboxylic acid groups (broad SMARTS) is 1. The third-order valence-electron chi connectivity index (χ3n) is 4.52. The minimum Gasteiger partial charge on any atom is -0.478 e. The Morgan fingerprint density at radius 2 is 1.78 bits per heavy atom. The van der Waals surface area contributed by atoms with Gasteiger partial charge in [-0.2, -0.15) is 0 Å². The third-order valence-corrected chi connectivity index (χ3v) is 5.38. The molecule has 5 heteroatoms. The molecule has 1 aromatic heterocycles. The summed E-state index contributed by atoms with van der Waals surface area (Å²) in [7, 11) is 0. The fraction of sp³-hybridized carbons (Fsp3) is 0.0909. The highest BCUT2D eigenvalue weighted by molar-refractivity contribution is 7.07. The number of rotatable bonds is 4. The number of hydrogen-bond donors (Lipinski definition) is 1. The second-order valence-corrected chi connectivity index (χ2v) is 6.97. The number of benzene rings is 3. The van der Waals surface area contributed by atoms with Gasteiger partial charge < -0.3 is 9.67 Å². The SMILES string of the molecule is CCn1c(-c2cccc3ccccc23)csc1=Nc1ccc(C(=O)O)cc1. The van der Waals surface area contributed by atoms with Crippen LogP contribution in [0.1, 0.15) is 17.3 Å². The largest absolute Gasteiger partial charge is 0.478 e. The topological polar surface area (TPSA) is 54.6 Å². The van der Waals surface area contributed by atoms with E-state index < -0.39 is 5.97 Å². The highest BCUT2D eigenvalue weighted by Gasteiger charge is 2.10. The minimum atomic E-state index is -0.931. The van der Waals surface area contributed by atoms with Crippen molar-refractivity contribution in [2.75, 3.05) is 0 Å². The molecule has 0 aliphatic carbocycles. The van der Waals surface area contributed by atoms with E-state index >= 15 is 0 Å². The van der Waals surface area contributed by atoms with E-state index in [2.05, 4.69) is 59.3 Å². The van der Waals surface area contributed by atoms with Gasteiger partial charge in [0.2, 0.25) is 0 Å². The monoisotopic (exact) mass is 374 g/mol. The Balaban J connectivity index is 1.83. The van der Waals surface area contributed by atoms with Crippen LogP contribution in [0.25, 0.3) is 22.0 Å². The molecular formula is C22H18N2O2S. The molecule has 0 radical (unpaired) electrons. The Kier molecular flexibility index (Phi) is 4.60. The number of carbonyl (C=O) groups is 1. The first-order chi connectivity index (χ1) is 13.2. The Morgan fingerprint density at radius 1 is 1.04 bits per heavy atom. The standard InChI is InChI=1S/C22H18N2O2S/c1-2-24-20(19-9-5-7-15-6-3-4-8-18(15)19)14-27-22(24)23-17-12-10-16(11-13-17)21(25)26/h3-14H,2H2,1H3,(H,25,26). The van der Waals surface area contributed by atoms with Crippen molar-refractivity contribution < 1.29 is 9.90 Å². The van der Waals surface area contributed by atoms with Crippen molar-refractivity contribution in [3.8, 4) is 11.3 Å². The van der Waals surface area contributed by atoms with Crippen LogP contribution in [0, 0.1) is 0 Å². The van der Waals surface area contributed by atoms with E-state index in [0.717, 1.165) is 22.7 Å². The molecule has 27 heavy (non-hydrogen) atoms. The number of fused-ring (bicyclic) bond motifs is 1. The summed E-state index contributed by atoms with van der Waals surface area (Å²) in [6.07, 6.45) is 0. The molecule has 0 saturated heterocycles. The molecule has 0 spiro atoms. The van der Waals surface area contributed by atoms with Crippen molar-refractivity contribution in [2.24, 2.45) is 4.99 Å². The predicted molar refractivity (Wildman–Crippen MR) is 110 cm³/mol. The zero-order chi connectivity index (χ0) is 18.8. The summed E-state index contributed by atoms with van der Waals surface area (Å²) in [5.74, 6) is -0.931. The molecule has 0 saturated carbocycles. The van der Waals surface area contributed by atoms with E-state index in [1.165, 1.54) is 16.3 Å². The maximum Gasteiger partial charge on any atom is 0.335 e. The molecule has 0 atom stereocenters. The Morgan fingerprint density at radius 3 is 2.52 bits per heavy atom. The Bertz CT molecular complexity index is 1180. The van der Waals surface area contributed by atoms with Gasteiger partial charge >= 0.3 is 5.97 Å². The fourth-order valence-corrected chi connectivity index (χ4v) is 4.16. The lowest BCUT2D eigenvalue weighted by Gasteiger charge is -2.09. The van der Waals surface area contributed by atoms with Crippen LogP contribution in [-0.4, -0.2) is 15.6 Å². The van der Waals surface area contributed by atoms with E-state index in [-0.39, 0.29) is 5.56 Å². The van der Waals surface area contributed by atoms with Gasteiger partial charge in [0.15, 0.2) is 4.80 Å². The predicted octanol–water partition coefficient (Wildman–Crippen LogP) is 5.32. The van der Waals surface area contributed by atoms with E-state index in [9.17, 15) is 4.79 Å². The van der Waals surface area contributed by atoms with Gasteiger partial charge in [-0.1, -0.05) is 42.5 Å². The highest BCUT2D eigenvalue weighted by Crippen LogP contribution is 2.29. The average molecular weight is 374 g/mol. The van der Waals surface area contributed by atoms with E-state index in [1.807, 2.05) is 0 Å². The van der Waals surface area contributed by atoms with Crippen molar-refractivity contribution in [3.63, 3.8) is 0 Å². The maximum absolute atomic E-state index is 11.0. The normalized spacial score (nSPS) is 11.8. The molecule has 0 aliphatic rings. The zero-order valence-electron chi connectivity index (χ0n) is 14.8. The van der Waals surface area contributed by atoms with Crippen molar-refractivity contribution in [3.05, 3.63) is 82.5 Å². The first-order valence-corrected chi connectivity index (χ1v) is 9.60. The van der Waals surface area contributed by atoms with Gasteiger partial charge in [0, 0.05) is 17.5 Å². The number of nitrogens with zero attached hydrogens (tertiary/aromatic N) is 2. The fourth-order valence-electron chi connectivity index (χ4n) is 3.18. The first kappa shape index (κ1) is 17.2. The summed E-state index contributed by atoms with van der Waals surface area (Å²) >= 11 is 1.59. The molecule has 0 unspecified atom stereocenters. The zero-order valence-corrected chi connectivity index (χ0v) is 15.6. The molecule has 1 N–H and O–H groups in total. The Labute approximate surface area is 160 Å². The summed E-state index contributed by atoms with van der Waals surface area (Å²) in [6, 6.07) is 21.4. The molecular weight excluding hydrogens is 356 g/mol. The van der Waals surface area contributed by atoms with E-state index in [0.29, 0.717) is 0 Å². The number of thiazole rings is 1. The van der Waals surface area contributed by atoms with Gasteiger partial charge in [-0.15, -0.1) is 11.3 Å². The van der Waals surface area contributed by atoms with Crippen LogP contribution in [0.2, 0.25) is 0 Å². The number of carboxylic acids is 1. The van der Waals surface area contributed by atoms with Gasteiger partial charge in [0.1, 0.15) is 0 Å². The lowest BCUT2D eigenvalue weighted by molar-refractivity contribution is 0.0697. The van der Waals surface area contributed by atoms with Gasteiger partial charge in [-0.3, -0.25) is 0 Å². The summed E-state index contributed by atoms with van der Waals surface area (Å²) < 4.78 is 2.19. The van der Waals surface area contributed by atoms with Gasteiger partial charge in [-0.25, -0.2) is 9.79 Å². The second kappa shape index (κ2) is 7.21. The van der Waals surface area contributed by atoms with Crippen LogP contribution in [0.4, 0.5) is 5.69 Å². The van der Waals surface area contributed by atoms with Crippen molar-refractivity contribution in [1.29, 1.82) is 0 Å². The Hall–Kier alpha value is -3.18. The van der Waals surface area contributed by atoms with Crippen molar-refractivity contribution in [1.82, 2.24) is 4.57 Å². The maximum atomic E-state index is 11.0.